The van der Waals surface area contributed by atoms with Crippen LogP contribution in [0.3, 0.4) is 0 Å². The molecule has 0 bridgehead atoms. The molecule has 1 fully saturated rings. The minimum atomic E-state index is -0.387. The van der Waals surface area contributed by atoms with Gasteiger partial charge in [0.15, 0.2) is 0 Å². The molecule has 0 spiro atoms. The number of aryl methyl sites for hydroxylation is 1. The third-order valence-electron chi connectivity index (χ3n) is 7.44. The molecule has 4 aromatic rings. The Morgan fingerprint density at radius 1 is 0.816 bits per heavy atom. The number of para-hydroxylation sites is 2. The summed E-state index contributed by atoms with van der Waals surface area (Å²) in [7, 11) is 0. The molecule has 6 heteroatoms. The average molecular weight is 504 g/mol. The van der Waals surface area contributed by atoms with Crippen LogP contribution in [0.25, 0.3) is 11.1 Å². The van der Waals surface area contributed by atoms with Crippen LogP contribution in [0.1, 0.15) is 32.7 Å². The first-order valence-corrected chi connectivity index (χ1v) is 12.9. The van der Waals surface area contributed by atoms with Crippen LogP contribution in [0.5, 0.6) is 0 Å². The van der Waals surface area contributed by atoms with Crippen molar-refractivity contribution in [2.45, 2.75) is 25.5 Å². The lowest BCUT2D eigenvalue weighted by molar-refractivity contribution is 0.0982. The van der Waals surface area contributed by atoms with Crippen LogP contribution < -0.4 is 15.1 Å². The highest BCUT2D eigenvalue weighted by atomic mass is 16.3. The number of rotatable bonds is 4. The van der Waals surface area contributed by atoms with E-state index in [1.54, 1.807) is 29.2 Å². The van der Waals surface area contributed by atoms with Gasteiger partial charge in [-0.25, -0.2) is 0 Å². The molecule has 0 radical (unpaired) electrons. The molecule has 6 nitrogen and oxygen atoms in total. The van der Waals surface area contributed by atoms with Gasteiger partial charge in [-0.05, 0) is 66.9 Å². The maximum Gasteiger partial charge on any atom is 0.258 e. The van der Waals surface area contributed by atoms with E-state index in [1.807, 2.05) is 79.7 Å². The molecule has 2 heterocycles. The van der Waals surface area contributed by atoms with Crippen molar-refractivity contribution in [2.24, 2.45) is 0 Å². The predicted octanol–water partition coefficient (Wildman–Crippen LogP) is 5.51. The largest absolute Gasteiger partial charge is 0.391 e. The Balaban J connectivity index is 1.21. The lowest BCUT2D eigenvalue weighted by atomic mass is 9.98. The van der Waals surface area contributed by atoms with Crippen LogP contribution >= 0.6 is 0 Å². The number of hydrogen-bond donors (Lipinski definition) is 2. The SMILES string of the molecule is Cc1ccc(-c2ccccc2C(=O)Nc2ccc(C(=O)N3C[C@@H]4C[C@H](O)CN4c4ccccc43)cc2)cc1. The summed E-state index contributed by atoms with van der Waals surface area (Å²) >= 11 is 0. The van der Waals surface area contributed by atoms with Crippen LogP contribution in [-0.4, -0.2) is 42.2 Å². The number of benzene rings is 4. The van der Waals surface area contributed by atoms with Gasteiger partial charge in [-0.3, -0.25) is 9.59 Å². The third-order valence-corrected chi connectivity index (χ3v) is 7.44. The Bertz CT molecular complexity index is 1500. The summed E-state index contributed by atoms with van der Waals surface area (Å²) in [4.78, 5) is 30.8. The van der Waals surface area contributed by atoms with Gasteiger partial charge in [-0.1, -0.05) is 60.2 Å². The molecule has 2 amide bonds. The molecular weight excluding hydrogens is 474 g/mol. The van der Waals surface area contributed by atoms with E-state index in [0.717, 1.165) is 28.1 Å². The molecule has 38 heavy (non-hydrogen) atoms. The van der Waals surface area contributed by atoms with E-state index in [9.17, 15) is 14.7 Å². The number of hydrogen-bond acceptors (Lipinski definition) is 4. The Labute approximate surface area is 222 Å². The Kier molecular flexibility index (Phi) is 6.18. The second-order valence-electron chi connectivity index (χ2n) is 10.0. The number of amides is 2. The molecule has 0 aliphatic carbocycles. The Morgan fingerprint density at radius 3 is 2.26 bits per heavy atom. The molecule has 0 aromatic heterocycles. The van der Waals surface area contributed by atoms with E-state index in [2.05, 4.69) is 10.2 Å². The predicted molar refractivity (Wildman–Crippen MR) is 151 cm³/mol. The first-order chi connectivity index (χ1) is 18.5. The number of fused-ring (bicyclic) bond motifs is 3. The van der Waals surface area contributed by atoms with E-state index < -0.39 is 0 Å². The molecule has 2 aliphatic heterocycles. The van der Waals surface area contributed by atoms with E-state index in [4.69, 9.17) is 0 Å². The zero-order valence-corrected chi connectivity index (χ0v) is 21.2. The fourth-order valence-corrected chi connectivity index (χ4v) is 5.51. The van der Waals surface area contributed by atoms with Crippen molar-refractivity contribution >= 4 is 28.9 Å². The van der Waals surface area contributed by atoms with Crippen molar-refractivity contribution in [1.82, 2.24) is 0 Å². The molecule has 1 saturated heterocycles. The molecule has 2 atom stereocenters. The van der Waals surface area contributed by atoms with E-state index in [0.29, 0.717) is 36.3 Å². The van der Waals surface area contributed by atoms with Gasteiger partial charge in [0.05, 0.1) is 17.5 Å². The maximum atomic E-state index is 13.6. The molecular formula is C32H29N3O3. The van der Waals surface area contributed by atoms with Gasteiger partial charge in [0.2, 0.25) is 0 Å². The number of carbonyl (C=O) groups excluding carboxylic acids is 2. The van der Waals surface area contributed by atoms with Crippen LogP contribution in [0.15, 0.2) is 97.1 Å². The summed E-state index contributed by atoms with van der Waals surface area (Å²) in [5.41, 5.74) is 6.60. The minimum Gasteiger partial charge on any atom is -0.391 e. The van der Waals surface area contributed by atoms with E-state index in [-0.39, 0.29) is 24.0 Å². The van der Waals surface area contributed by atoms with Crippen LogP contribution in [0.4, 0.5) is 17.1 Å². The summed E-state index contributed by atoms with van der Waals surface area (Å²) in [5, 5.41) is 13.2. The van der Waals surface area contributed by atoms with Gasteiger partial charge in [-0.2, -0.15) is 0 Å². The second-order valence-corrected chi connectivity index (χ2v) is 10.0. The van der Waals surface area contributed by atoms with E-state index >= 15 is 0 Å². The van der Waals surface area contributed by atoms with Crippen LogP contribution in [-0.2, 0) is 0 Å². The zero-order chi connectivity index (χ0) is 26.2. The molecule has 6 rings (SSSR count). The van der Waals surface area contributed by atoms with Gasteiger partial charge in [-0.15, -0.1) is 0 Å². The monoisotopic (exact) mass is 503 g/mol. The highest BCUT2D eigenvalue weighted by Gasteiger charge is 2.39. The van der Waals surface area contributed by atoms with E-state index in [1.165, 1.54) is 0 Å². The van der Waals surface area contributed by atoms with Gasteiger partial charge in [0, 0.05) is 35.9 Å². The van der Waals surface area contributed by atoms with Crippen molar-refractivity contribution < 1.29 is 14.7 Å². The molecule has 2 N–H and O–H groups in total. The molecule has 2 aliphatic rings. The highest BCUT2D eigenvalue weighted by Crippen LogP contribution is 2.40. The van der Waals surface area contributed by atoms with Gasteiger partial charge >= 0.3 is 0 Å². The summed E-state index contributed by atoms with van der Waals surface area (Å²) < 4.78 is 0. The highest BCUT2D eigenvalue weighted by molar-refractivity contribution is 6.10. The first kappa shape index (κ1) is 23.9. The Morgan fingerprint density at radius 2 is 1.50 bits per heavy atom. The zero-order valence-electron chi connectivity index (χ0n) is 21.2. The lowest BCUT2D eigenvalue weighted by Crippen LogP contribution is -2.48. The summed E-state index contributed by atoms with van der Waals surface area (Å²) in [6.45, 7) is 3.15. The standard InChI is InChI=1S/C32H29N3O3/c1-21-10-12-22(13-11-21)27-6-2-3-7-28(27)31(37)33-24-16-14-23(15-17-24)32(38)35-19-25-18-26(36)20-34(25)29-8-4-5-9-30(29)35/h2-17,25-26,36H,18-20H2,1H3,(H,33,37)/t25-,26-/m0/s1. The number of nitrogens with zero attached hydrogens (tertiary/aromatic N) is 2. The fourth-order valence-electron chi connectivity index (χ4n) is 5.51. The van der Waals surface area contributed by atoms with Gasteiger partial charge in [0.25, 0.3) is 11.8 Å². The summed E-state index contributed by atoms with van der Waals surface area (Å²) in [6, 6.07) is 30.6. The minimum absolute atomic E-state index is 0.0935. The van der Waals surface area contributed by atoms with Crippen LogP contribution in [0, 0.1) is 6.92 Å². The average Bonchev–Trinajstić information content (AvgIpc) is 3.33. The van der Waals surface area contributed by atoms with Crippen molar-refractivity contribution in [3.63, 3.8) is 0 Å². The maximum absolute atomic E-state index is 13.6. The van der Waals surface area contributed by atoms with Gasteiger partial charge < -0.3 is 20.2 Å². The molecule has 4 aromatic carbocycles. The number of carbonyl (C=O) groups is 2. The molecule has 0 saturated carbocycles. The topological polar surface area (TPSA) is 72.9 Å². The normalized spacial score (nSPS) is 18.1. The lowest BCUT2D eigenvalue weighted by Gasteiger charge is -2.40. The van der Waals surface area contributed by atoms with Crippen molar-refractivity contribution in [3.8, 4) is 11.1 Å². The Hall–Kier alpha value is -4.42. The number of anilines is 3. The molecule has 0 unspecified atom stereocenters. The quantitative estimate of drug-likeness (QED) is 0.385. The molecule has 190 valence electrons. The first-order valence-electron chi connectivity index (χ1n) is 12.9. The number of aliphatic hydroxyl groups is 1. The van der Waals surface area contributed by atoms with Crippen molar-refractivity contribution in [1.29, 1.82) is 0 Å². The van der Waals surface area contributed by atoms with Crippen LogP contribution in [0.2, 0.25) is 0 Å². The number of nitrogens with one attached hydrogen (secondary N) is 1. The fraction of sp³-hybridized carbons (Fsp3) is 0.188. The second kappa shape index (κ2) is 9.80. The van der Waals surface area contributed by atoms with Crippen molar-refractivity contribution in [3.05, 3.63) is 114 Å². The van der Waals surface area contributed by atoms with Gasteiger partial charge in [0.1, 0.15) is 0 Å². The summed E-state index contributed by atoms with van der Waals surface area (Å²) in [6.07, 6.45) is 0.259. The smallest absolute Gasteiger partial charge is 0.258 e. The third kappa shape index (κ3) is 4.44. The number of aliphatic hydroxyl groups excluding tert-OH is 1. The summed E-state index contributed by atoms with van der Waals surface area (Å²) in [5.74, 6) is -0.300. The van der Waals surface area contributed by atoms with Crippen molar-refractivity contribution in [2.75, 3.05) is 28.2 Å².